The van der Waals surface area contributed by atoms with E-state index in [1.807, 2.05) is 0 Å². The number of alkyl halides is 1. The van der Waals surface area contributed by atoms with Gasteiger partial charge in [0.2, 0.25) is 0 Å². The van der Waals surface area contributed by atoms with Crippen LogP contribution in [0.5, 0.6) is 0 Å². The monoisotopic (exact) mass is 215 g/mol. The lowest BCUT2D eigenvalue weighted by Crippen LogP contribution is -2.26. The zero-order valence-corrected chi connectivity index (χ0v) is 7.27. The number of hydrogen-bond acceptors (Lipinski definition) is 2. The van der Waals surface area contributed by atoms with E-state index in [2.05, 4.69) is 21.2 Å². The fourth-order valence-electron chi connectivity index (χ4n) is 1.50. The number of amides is 2. The summed E-state index contributed by atoms with van der Waals surface area (Å²) in [5.74, 6) is -0.420. The molecule has 0 bridgehead atoms. The van der Waals surface area contributed by atoms with Crippen LogP contribution in [0.2, 0.25) is 0 Å². The van der Waals surface area contributed by atoms with Crippen molar-refractivity contribution in [2.24, 2.45) is 0 Å². The topological polar surface area (TPSA) is 46.2 Å². The van der Waals surface area contributed by atoms with Crippen molar-refractivity contribution >= 4 is 27.7 Å². The smallest absolute Gasteiger partial charge is 0.255 e. The van der Waals surface area contributed by atoms with Crippen LogP contribution in [0.25, 0.3) is 0 Å². The molecule has 0 unspecified atom stereocenters. The molecule has 2 amide bonds. The second-order valence-corrected chi connectivity index (χ2v) is 3.79. The third-order valence-electron chi connectivity index (χ3n) is 2.03. The Morgan fingerprint density at radius 2 is 2.09 bits per heavy atom. The summed E-state index contributed by atoms with van der Waals surface area (Å²) in [6.45, 7) is 0. The van der Waals surface area contributed by atoms with Gasteiger partial charge in [-0.1, -0.05) is 15.9 Å². The summed E-state index contributed by atoms with van der Waals surface area (Å²) in [5, 5.41) is 2.27. The lowest BCUT2D eigenvalue weighted by atomic mass is 10.2. The lowest BCUT2D eigenvalue weighted by Gasteiger charge is -2.01. The van der Waals surface area contributed by atoms with Crippen molar-refractivity contribution in [3.05, 3.63) is 11.1 Å². The number of hydrogen-bond donors (Lipinski definition) is 1. The zero-order chi connectivity index (χ0) is 8.01. The molecule has 0 aromatic rings. The van der Waals surface area contributed by atoms with Crippen LogP contribution < -0.4 is 5.32 Å². The fourth-order valence-corrected chi connectivity index (χ4v) is 2.21. The maximum atomic E-state index is 11.1. The van der Waals surface area contributed by atoms with Crippen LogP contribution in [-0.4, -0.2) is 16.6 Å². The van der Waals surface area contributed by atoms with Crippen molar-refractivity contribution < 1.29 is 9.59 Å². The second-order valence-electron chi connectivity index (χ2n) is 2.68. The van der Waals surface area contributed by atoms with Gasteiger partial charge in [-0.15, -0.1) is 0 Å². The standard InChI is InChI=1S/C7H6BrNO2/c8-4-2-1-3-5(4)7(11)9-6(3)10/h4H,1-2H2,(H,9,10,11)/t4-/m0/s1. The Morgan fingerprint density at radius 3 is 2.73 bits per heavy atom. The molecule has 1 N–H and O–H groups in total. The van der Waals surface area contributed by atoms with Crippen molar-refractivity contribution in [1.82, 2.24) is 5.32 Å². The minimum absolute atomic E-state index is 0.0870. The van der Waals surface area contributed by atoms with Crippen LogP contribution in [0.15, 0.2) is 11.1 Å². The zero-order valence-electron chi connectivity index (χ0n) is 5.69. The molecule has 0 fully saturated rings. The van der Waals surface area contributed by atoms with E-state index in [-0.39, 0.29) is 16.6 Å². The maximum absolute atomic E-state index is 11.1. The molecule has 11 heavy (non-hydrogen) atoms. The molecule has 0 saturated carbocycles. The van der Waals surface area contributed by atoms with Gasteiger partial charge in [0, 0.05) is 16.0 Å². The van der Waals surface area contributed by atoms with E-state index in [0.29, 0.717) is 11.1 Å². The molecule has 2 aliphatic rings. The van der Waals surface area contributed by atoms with E-state index >= 15 is 0 Å². The van der Waals surface area contributed by atoms with Crippen LogP contribution in [0, 0.1) is 0 Å². The van der Waals surface area contributed by atoms with Gasteiger partial charge in [-0.05, 0) is 12.8 Å². The van der Waals surface area contributed by atoms with Crippen molar-refractivity contribution in [2.75, 3.05) is 0 Å². The van der Waals surface area contributed by atoms with E-state index < -0.39 is 0 Å². The highest BCUT2D eigenvalue weighted by Crippen LogP contribution is 2.34. The van der Waals surface area contributed by atoms with E-state index in [1.165, 1.54) is 0 Å². The highest BCUT2D eigenvalue weighted by atomic mass is 79.9. The summed E-state index contributed by atoms with van der Waals surface area (Å²) in [6, 6.07) is 0. The minimum atomic E-state index is -0.218. The van der Waals surface area contributed by atoms with Crippen molar-refractivity contribution in [1.29, 1.82) is 0 Å². The van der Waals surface area contributed by atoms with Gasteiger partial charge in [-0.25, -0.2) is 0 Å². The molecule has 0 aromatic heterocycles. The molecule has 0 saturated heterocycles. The molecule has 0 aromatic carbocycles. The summed E-state index contributed by atoms with van der Waals surface area (Å²) in [7, 11) is 0. The molecule has 1 aliphatic carbocycles. The highest BCUT2D eigenvalue weighted by molar-refractivity contribution is 9.09. The predicted molar refractivity (Wildman–Crippen MR) is 42.1 cm³/mol. The van der Waals surface area contributed by atoms with E-state index in [4.69, 9.17) is 0 Å². The molecule has 1 atom stereocenters. The summed E-state index contributed by atoms with van der Waals surface area (Å²) in [5.41, 5.74) is 1.33. The Hall–Kier alpha value is -0.640. The van der Waals surface area contributed by atoms with Gasteiger partial charge >= 0.3 is 0 Å². The predicted octanol–water partition coefficient (Wildman–Crippen LogP) is 0.497. The number of nitrogens with one attached hydrogen (secondary N) is 1. The Balaban J connectivity index is 2.46. The first-order chi connectivity index (χ1) is 5.20. The van der Waals surface area contributed by atoms with Crippen LogP contribution in [-0.2, 0) is 9.59 Å². The van der Waals surface area contributed by atoms with E-state index in [1.54, 1.807) is 0 Å². The largest absolute Gasteiger partial charge is 0.289 e. The average molecular weight is 216 g/mol. The number of halogens is 1. The Morgan fingerprint density at radius 1 is 1.36 bits per heavy atom. The lowest BCUT2D eigenvalue weighted by molar-refractivity contribution is -0.124. The normalized spacial score (nSPS) is 29.4. The molecule has 1 aliphatic heterocycles. The first-order valence-corrected chi connectivity index (χ1v) is 4.34. The second kappa shape index (κ2) is 2.17. The molecule has 0 spiro atoms. The van der Waals surface area contributed by atoms with Gasteiger partial charge in [-0.2, -0.15) is 0 Å². The van der Waals surface area contributed by atoms with Gasteiger partial charge in [-0.3, -0.25) is 14.9 Å². The third-order valence-corrected chi connectivity index (χ3v) is 2.95. The number of rotatable bonds is 0. The Labute approximate surface area is 72.0 Å². The Bertz CT molecular complexity index is 282. The molecule has 1 heterocycles. The van der Waals surface area contributed by atoms with Crippen molar-refractivity contribution in [3.8, 4) is 0 Å². The molecule has 4 heteroatoms. The summed E-state index contributed by atoms with van der Waals surface area (Å²) >= 11 is 3.34. The fraction of sp³-hybridized carbons (Fsp3) is 0.429. The quantitative estimate of drug-likeness (QED) is 0.473. The summed E-state index contributed by atoms with van der Waals surface area (Å²) in [4.78, 5) is 22.1. The SMILES string of the molecule is O=C1NC(=O)C2=C1CC[C@@H]2Br. The van der Waals surface area contributed by atoms with Gasteiger partial charge in [0.15, 0.2) is 0 Å². The molecular weight excluding hydrogens is 210 g/mol. The summed E-state index contributed by atoms with van der Waals surface area (Å²) < 4.78 is 0. The van der Waals surface area contributed by atoms with E-state index in [0.717, 1.165) is 12.8 Å². The van der Waals surface area contributed by atoms with Gasteiger partial charge in [0.1, 0.15) is 0 Å². The van der Waals surface area contributed by atoms with Crippen molar-refractivity contribution in [3.63, 3.8) is 0 Å². The highest BCUT2D eigenvalue weighted by Gasteiger charge is 2.38. The summed E-state index contributed by atoms with van der Waals surface area (Å²) in [6.07, 6.45) is 1.59. The molecular formula is C7H6BrNO2. The third kappa shape index (κ3) is 0.854. The minimum Gasteiger partial charge on any atom is -0.289 e. The van der Waals surface area contributed by atoms with Crippen LogP contribution in [0.1, 0.15) is 12.8 Å². The first kappa shape index (κ1) is 7.03. The molecule has 58 valence electrons. The number of carbonyl (C=O) groups excluding carboxylic acids is 2. The van der Waals surface area contributed by atoms with Crippen LogP contribution >= 0.6 is 15.9 Å². The average Bonchev–Trinajstić information content (AvgIpc) is 2.41. The molecule has 3 nitrogen and oxygen atoms in total. The molecule has 2 rings (SSSR count). The van der Waals surface area contributed by atoms with Crippen LogP contribution in [0.4, 0.5) is 0 Å². The number of carbonyl (C=O) groups is 2. The Kier molecular flexibility index (Phi) is 1.39. The van der Waals surface area contributed by atoms with Gasteiger partial charge in [0.05, 0.1) is 0 Å². The van der Waals surface area contributed by atoms with Gasteiger partial charge < -0.3 is 0 Å². The van der Waals surface area contributed by atoms with Crippen LogP contribution in [0.3, 0.4) is 0 Å². The molecule has 0 radical (unpaired) electrons. The maximum Gasteiger partial charge on any atom is 0.255 e. The van der Waals surface area contributed by atoms with Gasteiger partial charge in [0.25, 0.3) is 11.8 Å². The number of imide groups is 1. The first-order valence-electron chi connectivity index (χ1n) is 3.43. The van der Waals surface area contributed by atoms with Crippen molar-refractivity contribution in [2.45, 2.75) is 17.7 Å². The van der Waals surface area contributed by atoms with E-state index in [9.17, 15) is 9.59 Å².